The van der Waals surface area contributed by atoms with Gasteiger partial charge in [0.15, 0.2) is 0 Å². The van der Waals surface area contributed by atoms with Crippen LogP contribution in [0.5, 0.6) is 0 Å². The first-order valence-corrected chi connectivity index (χ1v) is 29.3. The summed E-state index contributed by atoms with van der Waals surface area (Å²) in [5.41, 5.74) is 26.8. The fourth-order valence-corrected chi connectivity index (χ4v) is 13.7. The van der Waals surface area contributed by atoms with Gasteiger partial charge in [-0.05, 0) is 177 Å². The van der Waals surface area contributed by atoms with E-state index in [9.17, 15) is 0 Å². The van der Waals surface area contributed by atoms with E-state index in [1.165, 1.54) is 177 Å². The van der Waals surface area contributed by atoms with E-state index in [4.69, 9.17) is 0 Å². The van der Waals surface area contributed by atoms with E-state index in [1.54, 1.807) is 0 Å². The number of hydrogen-bond acceptors (Lipinski definition) is 0. The van der Waals surface area contributed by atoms with Gasteiger partial charge in [-0.2, -0.15) is 0 Å². The lowest BCUT2D eigenvalue weighted by molar-refractivity contribution is 0.407. The highest BCUT2D eigenvalue weighted by Gasteiger charge is 2.42. The molecule has 0 N–H and O–H groups in total. The molecular formula is C78H66N2. The molecule has 0 saturated carbocycles. The fraction of sp³-hybridized carbons (Fsp3) is 0.154. The van der Waals surface area contributed by atoms with E-state index >= 15 is 0 Å². The van der Waals surface area contributed by atoms with Gasteiger partial charge < -0.3 is 9.13 Å². The van der Waals surface area contributed by atoms with Crippen LogP contribution in [0.15, 0.2) is 249 Å². The van der Waals surface area contributed by atoms with E-state index in [2.05, 4.69) is 279 Å². The van der Waals surface area contributed by atoms with Gasteiger partial charge >= 0.3 is 0 Å². The zero-order chi connectivity index (χ0) is 53.7. The summed E-state index contributed by atoms with van der Waals surface area (Å²) in [6.45, 7) is 6.85. The Morgan fingerprint density at radius 1 is 0.287 bits per heavy atom. The number of nitrogens with zero attached hydrogens (tertiary/aromatic N) is 2. The number of rotatable bonds is 15. The van der Waals surface area contributed by atoms with Gasteiger partial charge in [0.25, 0.3) is 0 Å². The Balaban J connectivity index is 0.791. The van der Waals surface area contributed by atoms with Crippen molar-refractivity contribution in [2.24, 2.45) is 0 Å². The molecule has 1 atom stereocenters. The Bertz CT molecular complexity index is 4400. The summed E-state index contributed by atoms with van der Waals surface area (Å²) in [5, 5.41) is 5.10. The van der Waals surface area contributed by atoms with Gasteiger partial charge in [-0.3, -0.25) is 0 Å². The van der Waals surface area contributed by atoms with Crippen LogP contribution in [0, 0.1) is 6.92 Å². The molecule has 80 heavy (non-hydrogen) atoms. The minimum atomic E-state index is -0.0564. The molecule has 2 nitrogen and oxygen atoms in total. The molecule has 1 aliphatic rings. The monoisotopic (exact) mass is 1030 g/mol. The van der Waals surface area contributed by atoms with E-state index in [0.29, 0.717) is 0 Å². The SMILES string of the molecule is CCCCCCC1(CCCC)c2cc(-c3ccc(-n4c5ccccc5c5ccccc54)cc3)ccc2-c2ccc(-c3ccc(-n4c5ccccc5c5cc(-c6cccc(-c7cccc(-c8cccc(C)c8)c7)c6)ccc54)cc3)cc21. The van der Waals surface area contributed by atoms with Crippen molar-refractivity contribution < 1.29 is 0 Å². The first-order chi connectivity index (χ1) is 39.5. The summed E-state index contributed by atoms with van der Waals surface area (Å²) in [6, 6.07) is 93.7. The van der Waals surface area contributed by atoms with Crippen molar-refractivity contribution in [2.75, 3.05) is 0 Å². The molecular weight excluding hydrogens is 965 g/mol. The Kier molecular flexibility index (Phi) is 12.7. The molecule has 2 heterocycles. The predicted molar refractivity (Wildman–Crippen MR) is 342 cm³/mol. The summed E-state index contributed by atoms with van der Waals surface area (Å²) in [5.74, 6) is 0. The van der Waals surface area contributed by atoms with Crippen LogP contribution in [-0.2, 0) is 5.41 Å². The third-order valence-corrected chi connectivity index (χ3v) is 17.7. The van der Waals surface area contributed by atoms with Crippen LogP contribution in [0.2, 0.25) is 0 Å². The molecule has 13 aromatic rings. The summed E-state index contributed by atoms with van der Waals surface area (Å²) in [7, 11) is 0. The summed E-state index contributed by atoms with van der Waals surface area (Å²) in [6.07, 6.45) is 9.69. The molecule has 1 aliphatic carbocycles. The van der Waals surface area contributed by atoms with Gasteiger partial charge in [-0.15, -0.1) is 0 Å². The smallest absolute Gasteiger partial charge is 0.0541 e. The maximum absolute atomic E-state index is 2.58. The number of hydrogen-bond donors (Lipinski definition) is 0. The van der Waals surface area contributed by atoms with Gasteiger partial charge in [0.1, 0.15) is 0 Å². The van der Waals surface area contributed by atoms with Gasteiger partial charge in [0.05, 0.1) is 22.1 Å². The molecule has 0 fully saturated rings. The highest BCUT2D eigenvalue weighted by molar-refractivity contribution is 6.11. The average molecular weight is 1030 g/mol. The van der Waals surface area contributed by atoms with Crippen LogP contribution in [-0.4, -0.2) is 9.13 Å². The van der Waals surface area contributed by atoms with Gasteiger partial charge in [-0.25, -0.2) is 0 Å². The zero-order valence-electron chi connectivity index (χ0n) is 46.2. The minimum Gasteiger partial charge on any atom is -0.309 e. The summed E-state index contributed by atoms with van der Waals surface area (Å²) < 4.78 is 4.87. The molecule has 11 aromatic carbocycles. The van der Waals surface area contributed by atoms with E-state index in [1.807, 2.05) is 0 Å². The van der Waals surface area contributed by atoms with Crippen LogP contribution >= 0.6 is 0 Å². The molecule has 0 saturated heterocycles. The first-order valence-electron chi connectivity index (χ1n) is 29.3. The number of aromatic nitrogens is 2. The summed E-state index contributed by atoms with van der Waals surface area (Å²) in [4.78, 5) is 0. The molecule has 2 aromatic heterocycles. The largest absolute Gasteiger partial charge is 0.309 e. The standard InChI is InChI=1S/C78H66N2/c1-4-6-8-15-46-78(45-7-5-2)72-51-62(54-31-38-64(39-32-54)79-74-28-12-9-25-68(74)69-26-10-13-29-75(69)79)35-42-66(72)67-43-36-63(52-73(67)78)55-33-40-65(41-34-55)80-76-30-14-11-27-70(76)71-50-61(37-44-77(71)80)60-24-18-23-59(49-60)58-22-17-21-57(48-58)56-20-16-19-53(3)47-56/h9-14,16-44,47-52H,4-8,15,45-46H2,1-3H3. The number of para-hydroxylation sites is 3. The van der Waals surface area contributed by atoms with E-state index in [-0.39, 0.29) is 5.41 Å². The van der Waals surface area contributed by atoms with Crippen LogP contribution in [0.4, 0.5) is 0 Å². The average Bonchev–Trinajstić information content (AvgIpc) is 4.23. The van der Waals surface area contributed by atoms with Crippen LogP contribution in [0.1, 0.15) is 81.9 Å². The minimum absolute atomic E-state index is 0.0564. The maximum Gasteiger partial charge on any atom is 0.0541 e. The van der Waals surface area contributed by atoms with E-state index < -0.39 is 0 Å². The van der Waals surface area contributed by atoms with E-state index in [0.717, 1.165) is 12.8 Å². The van der Waals surface area contributed by atoms with Crippen molar-refractivity contribution in [2.45, 2.75) is 77.6 Å². The molecule has 0 bridgehead atoms. The second-order valence-corrected chi connectivity index (χ2v) is 22.6. The lowest BCUT2D eigenvalue weighted by Gasteiger charge is -2.33. The lowest BCUT2D eigenvalue weighted by atomic mass is 9.70. The third kappa shape index (κ3) is 8.57. The van der Waals surface area contributed by atoms with Crippen LogP contribution in [0.25, 0.3) is 122 Å². The molecule has 388 valence electrons. The molecule has 14 rings (SSSR count). The molecule has 0 spiro atoms. The van der Waals surface area contributed by atoms with Crippen molar-refractivity contribution in [1.82, 2.24) is 9.13 Å². The molecule has 0 radical (unpaired) electrons. The topological polar surface area (TPSA) is 9.86 Å². The Labute approximate surface area is 471 Å². The van der Waals surface area contributed by atoms with Gasteiger partial charge in [-0.1, -0.05) is 228 Å². The zero-order valence-corrected chi connectivity index (χ0v) is 46.2. The highest BCUT2D eigenvalue weighted by atomic mass is 15.0. The number of unbranched alkanes of at least 4 members (excludes halogenated alkanes) is 4. The molecule has 1 unspecified atom stereocenters. The third-order valence-electron chi connectivity index (χ3n) is 17.7. The Morgan fingerprint density at radius 2 is 0.675 bits per heavy atom. The van der Waals surface area contributed by atoms with Gasteiger partial charge in [0, 0.05) is 38.3 Å². The molecule has 0 aliphatic heterocycles. The second kappa shape index (κ2) is 20.7. The first kappa shape index (κ1) is 49.3. The van der Waals surface area contributed by atoms with Crippen molar-refractivity contribution in [1.29, 1.82) is 0 Å². The normalized spacial score (nSPS) is 13.9. The summed E-state index contributed by atoms with van der Waals surface area (Å²) >= 11 is 0. The Hall–Kier alpha value is -8.98. The fourth-order valence-electron chi connectivity index (χ4n) is 13.7. The Morgan fingerprint density at radius 3 is 1.16 bits per heavy atom. The van der Waals surface area contributed by atoms with Crippen LogP contribution in [0.3, 0.4) is 0 Å². The second-order valence-electron chi connectivity index (χ2n) is 22.6. The van der Waals surface area contributed by atoms with Crippen molar-refractivity contribution in [3.63, 3.8) is 0 Å². The van der Waals surface area contributed by atoms with Crippen molar-refractivity contribution in [3.8, 4) is 78.1 Å². The number of fused-ring (bicyclic) bond motifs is 9. The van der Waals surface area contributed by atoms with Gasteiger partial charge in [0.2, 0.25) is 0 Å². The number of benzene rings is 11. The predicted octanol–water partition coefficient (Wildman–Crippen LogP) is 22.0. The maximum atomic E-state index is 2.58. The number of aryl methyl sites for hydroxylation is 1. The van der Waals surface area contributed by atoms with Crippen molar-refractivity contribution >= 4 is 43.6 Å². The molecule has 2 heteroatoms. The van der Waals surface area contributed by atoms with Crippen molar-refractivity contribution in [3.05, 3.63) is 265 Å². The quantitative estimate of drug-likeness (QED) is 0.0906. The van der Waals surface area contributed by atoms with Crippen LogP contribution < -0.4 is 0 Å². The lowest BCUT2D eigenvalue weighted by Crippen LogP contribution is -2.25. The molecule has 0 amide bonds. The highest BCUT2D eigenvalue weighted by Crippen LogP contribution is 2.56.